The number of carbonyl (C=O) groups is 1. The fraction of sp³-hybridized carbons (Fsp3) is 0.875. The van der Waals surface area contributed by atoms with E-state index in [0.29, 0.717) is 0 Å². The molecule has 72 valence electrons. The van der Waals surface area contributed by atoms with Crippen LogP contribution in [0.4, 0.5) is 0 Å². The van der Waals surface area contributed by atoms with Gasteiger partial charge in [-0.2, -0.15) is 0 Å². The van der Waals surface area contributed by atoms with Crippen LogP contribution in [0.15, 0.2) is 0 Å². The highest BCUT2D eigenvalue weighted by Crippen LogP contribution is 1.93. The Morgan fingerprint density at radius 3 is 2.50 bits per heavy atom. The maximum absolute atomic E-state index is 10.9. The van der Waals surface area contributed by atoms with Gasteiger partial charge in [0.15, 0.2) is 0 Å². The molecule has 0 aromatic carbocycles. The number of rotatable bonds is 5. The summed E-state index contributed by atoms with van der Waals surface area (Å²) in [7, 11) is 3.96. The number of nitrogens with zero attached hydrogens (tertiary/aromatic N) is 1. The number of likely N-dealkylation sites (N-methyl/N-ethyl adjacent to an activating group) is 1. The first kappa shape index (κ1) is 11.7. The Kier molecular flexibility index (Phi) is 6.11. The zero-order valence-electron chi connectivity index (χ0n) is 7.93. The lowest BCUT2D eigenvalue weighted by Gasteiger charge is -2.20. The molecule has 0 saturated carbocycles. The average Bonchev–Trinajstić information content (AvgIpc) is 2.02. The molecule has 0 aliphatic heterocycles. The van der Waals surface area contributed by atoms with Crippen LogP contribution in [0, 0.1) is 0 Å². The third-order valence-corrected chi connectivity index (χ3v) is 1.81. The normalized spacial score (nSPS) is 13.1. The molecule has 1 amide bonds. The van der Waals surface area contributed by atoms with Crippen molar-refractivity contribution in [3.05, 3.63) is 0 Å². The Labute approximate surface area is 79.1 Å². The minimum atomic E-state index is -0.0923. The third-order valence-electron chi connectivity index (χ3n) is 1.56. The van der Waals surface area contributed by atoms with E-state index < -0.39 is 0 Å². The first-order valence-electron chi connectivity index (χ1n) is 4.10. The molecule has 1 atom stereocenters. The maximum atomic E-state index is 10.9. The summed E-state index contributed by atoms with van der Waals surface area (Å²) >= 11 is 5.36. The van der Waals surface area contributed by atoms with Crippen LogP contribution < -0.4 is 5.32 Å². The monoisotopic (exact) mass is 192 g/mol. The lowest BCUT2D eigenvalue weighted by Crippen LogP contribution is -2.41. The van der Waals surface area contributed by atoms with Crippen molar-refractivity contribution in [2.45, 2.75) is 19.4 Å². The van der Waals surface area contributed by atoms with E-state index in [9.17, 15) is 4.79 Å². The van der Waals surface area contributed by atoms with Gasteiger partial charge in [0.25, 0.3) is 0 Å². The number of halogens is 1. The summed E-state index contributed by atoms with van der Waals surface area (Å²) in [5.41, 5.74) is 0. The molecule has 12 heavy (non-hydrogen) atoms. The first-order chi connectivity index (χ1) is 5.60. The van der Waals surface area contributed by atoms with Crippen LogP contribution in [-0.4, -0.2) is 43.4 Å². The predicted octanol–water partition coefficient (Wildman–Crippen LogP) is 0.682. The largest absolute Gasteiger partial charge is 0.351 e. The van der Waals surface area contributed by atoms with Gasteiger partial charge in [-0.3, -0.25) is 4.79 Å². The highest BCUT2D eigenvalue weighted by Gasteiger charge is 2.09. The van der Waals surface area contributed by atoms with Gasteiger partial charge in [0.2, 0.25) is 5.91 Å². The lowest BCUT2D eigenvalue weighted by molar-refractivity contribution is -0.119. The average molecular weight is 193 g/mol. The van der Waals surface area contributed by atoms with Gasteiger partial charge in [-0.05, 0) is 20.5 Å². The molecule has 1 N–H and O–H groups in total. The number of hydrogen-bond acceptors (Lipinski definition) is 2. The van der Waals surface area contributed by atoms with E-state index in [-0.39, 0.29) is 17.8 Å². The van der Waals surface area contributed by atoms with E-state index in [2.05, 4.69) is 5.32 Å². The van der Waals surface area contributed by atoms with Gasteiger partial charge >= 0.3 is 0 Å². The molecule has 0 aliphatic carbocycles. The summed E-state index contributed by atoms with van der Waals surface area (Å²) in [6.07, 6.45) is 0.931. The van der Waals surface area contributed by atoms with Crippen LogP contribution in [0.3, 0.4) is 0 Å². The molecular weight excluding hydrogens is 176 g/mol. The topological polar surface area (TPSA) is 32.3 Å². The minimum Gasteiger partial charge on any atom is -0.351 e. The lowest BCUT2D eigenvalue weighted by atomic mass is 10.2. The third kappa shape index (κ3) is 5.38. The number of hydrogen-bond donors (Lipinski definition) is 1. The summed E-state index contributed by atoms with van der Waals surface area (Å²) in [4.78, 5) is 12.9. The van der Waals surface area contributed by atoms with E-state index in [4.69, 9.17) is 11.6 Å². The predicted molar refractivity (Wildman–Crippen MR) is 51.5 cm³/mol. The van der Waals surface area contributed by atoms with Gasteiger partial charge in [0, 0.05) is 12.6 Å². The molecular formula is C8H17ClN2O. The number of alkyl halides is 1. The summed E-state index contributed by atoms with van der Waals surface area (Å²) < 4.78 is 0. The smallest absolute Gasteiger partial charge is 0.235 e. The van der Waals surface area contributed by atoms with E-state index in [1.165, 1.54) is 0 Å². The molecule has 0 aromatic heterocycles. The van der Waals surface area contributed by atoms with Crippen LogP contribution in [0.5, 0.6) is 0 Å². The molecule has 0 bridgehead atoms. The Hall–Kier alpha value is -0.280. The second kappa shape index (κ2) is 6.26. The van der Waals surface area contributed by atoms with Crippen LogP contribution >= 0.6 is 11.6 Å². The first-order valence-corrected chi connectivity index (χ1v) is 4.63. The van der Waals surface area contributed by atoms with Crippen molar-refractivity contribution in [3.8, 4) is 0 Å². The minimum absolute atomic E-state index is 0.0456. The highest BCUT2D eigenvalue weighted by molar-refractivity contribution is 6.27. The summed E-state index contributed by atoms with van der Waals surface area (Å²) in [5.74, 6) is -0.0467. The zero-order chi connectivity index (χ0) is 9.56. The molecule has 0 fully saturated rings. The number of carbonyl (C=O) groups excluding carboxylic acids is 1. The second-order valence-corrected chi connectivity index (χ2v) is 3.34. The van der Waals surface area contributed by atoms with Gasteiger partial charge < -0.3 is 10.2 Å². The van der Waals surface area contributed by atoms with Crippen molar-refractivity contribution >= 4 is 17.5 Å². The Morgan fingerprint density at radius 1 is 1.58 bits per heavy atom. The van der Waals surface area contributed by atoms with Crippen LogP contribution in [-0.2, 0) is 4.79 Å². The molecule has 0 aromatic rings. The zero-order valence-corrected chi connectivity index (χ0v) is 8.69. The van der Waals surface area contributed by atoms with E-state index >= 15 is 0 Å². The second-order valence-electron chi connectivity index (χ2n) is 3.07. The fourth-order valence-corrected chi connectivity index (χ4v) is 1.06. The van der Waals surface area contributed by atoms with Crippen LogP contribution in [0.2, 0.25) is 0 Å². The van der Waals surface area contributed by atoms with Crippen LogP contribution in [0.25, 0.3) is 0 Å². The summed E-state index contributed by atoms with van der Waals surface area (Å²) in [5, 5.41) is 2.84. The molecule has 0 saturated heterocycles. The van der Waals surface area contributed by atoms with Gasteiger partial charge in [0.05, 0.1) is 0 Å². The molecule has 1 unspecified atom stereocenters. The van der Waals surface area contributed by atoms with E-state index in [0.717, 1.165) is 13.0 Å². The van der Waals surface area contributed by atoms with Crippen LogP contribution in [0.1, 0.15) is 13.3 Å². The van der Waals surface area contributed by atoms with Crippen molar-refractivity contribution in [2.24, 2.45) is 0 Å². The molecule has 0 spiro atoms. The summed E-state index contributed by atoms with van der Waals surface area (Å²) in [6.45, 7) is 2.90. The van der Waals surface area contributed by atoms with Gasteiger partial charge in [-0.25, -0.2) is 0 Å². The Bertz CT molecular complexity index is 139. The standard InChI is InChI=1S/C8H17ClN2O/c1-4-7(6-11(2)3)10-8(12)5-9/h7H,4-6H2,1-3H3,(H,10,12). The van der Waals surface area contributed by atoms with Crippen molar-refractivity contribution in [1.29, 1.82) is 0 Å². The molecule has 0 aliphatic rings. The summed E-state index contributed by atoms with van der Waals surface area (Å²) in [6, 6.07) is 0.214. The number of amides is 1. The van der Waals surface area contributed by atoms with E-state index in [1.54, 1.807) is 0 Å². The molecule has 0 radical (unpaired) electrons. The van der Waals surface area contributed by atoms with Crippen molar-refractivity contribution < 1.29 is 4.79 Å². The highest BCUT2D eigenvalue weighted by atomic mass is 35.5. The van der Waals surface area contributed by atoms with Crippen molar-refractivity contribution in [2.75, 3.05) is 26.5 Å². The molecule has 0 rings (SSSR count). The maximum Gasteiger partial charge on any atom is 0.235 e. The van der Waals surface area contributed by atoms with Gasteiger partial charge in [0.1, 0.15) is 5.88 Å². The fourth-order valence-electron chi connectivity index (χ4n) is 0.984. The van der Waals surface area contributed by atoms with Crippen molar-refractivity contribution in [3.63, 3.8) is 0 Å². The molecule has 4 heteroatoms. The van der Waals surface area contributed by atoms with Crippen molar-refractivity contribution in [1.82, 2.24) is 10.2 Å². The Morgan fingerprint density at radius 2 is 2.17 bits per heavy atom. The Balaban J connectivity index is 3.74. The quantitative estimate of drug-likeness (QED) is 0.650. The number of nitrogens with one attached hydrogen (secondary N) is 1. The molecule has 3 nitrogen and oxygen atoms in total. The van der Waals surface area contributed by atoms with E-state index in [1.807, 2.05) is 25.9 Å². The molecule has 0 heterocycles. The van der Waals surface area contributed by atoms with Gasteiger partial charge in [-0.1, -0.05) is 6.92 Å². The SMILES string of the molecule is CCC(CN(C)C)NC(=O)CCl. The van der Waals surface area contributed by atoms with Gasteiger partial charge in [-0.15, -0.1) is 11.6 Å².